The number of nitrogens with zero attached hydrogens (tertiary/aromatic N) is 2. The van der Waals surface area contributed by atoms with E-state index in [2.05, 4.69) is 26.2 Å². The van der Waals surface area contributed by atoms with E-state index in [1.54, 1.807) is 17.2 Å². The predicted molar refractivity (Wildman–Crippen MR) is 70.1 cm³/mol. The third kappa shape index (κ3) is 2.53. The number of hydrogen-bond donors (Lipinski definition) is 1. The molecule has 0 aliphatic carbocycles. The van der Waals surface area contributed by atoms with Gasteiger partial charge < -0.3 is 10.2 Å². The number of pyridine rings is 1. The Labute approximate surface area is 114 Å². The Kier molecular flexibility index (Phi) is 3.96. The van der Waals surface area contributed by atoms with Crippen LogP contribution >= 0.6 is 15.9 Å². The van der Waals surface area contributed by atoms with Crippen LogP contribution in [0.5, 0.6) is 0 Å². The van der Waals surface area contributed by atoms with Crippen molar-refractivity contribution < 1.29 is 9.59 Å². The van der Waals surface area contributed by atoms with Gasteiger partial charge in [0.25, 0.3) is 5.91 Å². The Morgan fingerprint density at radius 2 is 2.39 bits per heavy atom. The molecule has 96 valence electrons. The molecule has 0 spiro atoms. The van der Waals surface area contributed by atoms with E-state index < -0.39 is 0 Å². The van der Waals surface area contributed by atoms with Crippen molar-refractivity contribution >= 4 is 27.7 Å². The number of carbonyl (C=O) groups excluding carboxylic acids is 2. The van der Waals surface area contributed by atoms with E-state index in [4.69, 9.17) is 0 Å². The van der Waals surface area contributed by atoms with Crippen LogP contribution in [0.2, 0.25) is 0 Å². The van der Waals surface area contributed by atoms with Crippen LogP contribution in [0.3, 0.4) is 0 Å². The predicted octanol–water partition coefficient (Wildman–Crippen LogP) is 1.19. The maximum atomic E-state index is 12.4. The van der Waals surface area contributed by atoms with Gasteiger partial charge in [0, 0.05) is 30.0 Å². The van der Waals surface area contributed by atoms with E-state index in [1.807, 2.05) is 6.92 Å². The summed E-state index contributed by atoms with van der Waals surface area (Å²) >= 11 is 3.29. The molecule has 2 amide bonds. The summed E-state index contributed by atoms with van der Waals surface area (Å²) in [7, 11) is 0. The highest BCUT2D eigenvalue weighted by Gasteiger charge is 2.32. The zero-order valence-electron chi connectivity index (χ0n) is 10.0. The fourth-order valence-corrected chi connectivity index (χ4v) is 2.42. The summed E-state index contributed by atoms with van der Waals surface area (Å²) in [6.07, 6.45) is 3.75. The molecule has 18 heavy (non-hydrogen) atoms. The van der Waals surface area contributed by atoms with E-state index in [9.17, 15) is 9.59 Å². The molecular weight excluding hydrogens is 298 g/mol. The lowest BCUT2D eigenvalue weighted by Gasteiger charge is -2.34. The van der Waals surface area contributed by atoms with Crippen LogP contribution in [0.1, 0.15) is 23.7 Å². The van der Waals surface area contributed by atoms with Gasteiger partial charge in [-0.05, 0) is 28.4 Å². The molecule has 1 aliphatic heterocycles. The molecule has 1 atom stereocenters. The molecule has 0 bridgehead atoms. The first-order valence-corrected chi connectivity index (χ1v) is 6.62. The summed E-state index contributed by atoms with van der Waals surface area (Å²) in [5.41, 5.74) is 0.498. The van der Waals surface area contributed by atoms with Crippen LogP contribution in [0.25, 0.3) is 0 Å². The molecule has 1 aromatic rings. The highest BCUT2D eigenvalue weighted by atomic mass is 79.9. The molecule has 5 nitrogen and oxygen atoms in total. The van der Waals surface area contributed by atoms with Gasteiger partial charge in [0.2, 0.25) is 5.91 Å². The minimum Gasteiger partial charge on any atom is -0.353 e. The average molecular weight is 312 g/mol. The second-order valence-electron chi connectivity index (χ2n) is 4.11. The molecule has 1 saturated heterocycles. The summed E-state index contributed by atoms with van der Waals surface area (Å²) in [5, 5.41) is 2.77. The number of hydrogen-bond acceptors (Lipinski definition) is 3. The zero-order valence-corrected chi connectivity index (χ0v) is 11.6. The molecule has 1 fully saturated rings. The quantitative estimate of drug-likeness (QED) is 0.892. The van der Waals surface area contributed by atoms with E-state index in [0.29, 0.717) is 25.1 Å². The van der Waals surface area contributed by atoms with Crippen LogP contribution in [0, 0.1) is 0 Å². The van der Waals surface area contributed by atoms with Gasteiger partial charge >= 0.3 is 0 Å². The van der Waals surface area contributed by atoms with Crippen LogP contribution in [-0.2, 0) is 4.79 Å². The number of nitrogens with one attached hydrogen (secondary N) is 1. The van der Waals surface area contributed by atoms with Crippen molar-refractivity contribution in [2.75, 3.05) is 13.1 Å². The van der Waals surface area contributed by atoms with Crippen molar-refractivity contribution in [3.8, 4) is 0 Å². The molecule has 1 aromatic heterocycles. The van der Waals surface area contributed by atoms with Crippen molar-refractivity contribution in [2.45, 2.75) is 19.4 Å². The Balaban J connectivity index is 2.24. The number of halogens is 1. The summed E-state index contributed by atoms with van der Waals surface area (Å²) in [5.74, 6) is -0.231. The van der Waals surface area contributed by atoms with Crippen LogP contribution < -0.4 is 5.32 Å². The maximum Gasteiger partial charge on any atom is 0.256 e. The molecular formula is C12H14BrN3O2. The Morgan fingerprint density at radius 1 is 1.61 bits per heavy atom. The molecule has 0 radical (unpaired) electrons. The van der Waals surface area contributed by atoms with Gasteiger partial charge in [0.15, 0.2) is 0 Å². The average Bonchev–Trinajstić information content (AvgIpc) is 2.37. The van der Waals surface area contributed by atoms with Crippen LogP contribution in [0.4, 0.5) is 0 Å². The second kappa shape index (κ2) is 5.48. The van der Waals surface area contributed by atoms with E-state index >= 15 is 0 Å². The first-order valence-electron chi connectivity index (χ1n) is 5.82. The molecule has 2 heterocycles. The lowest BCUT2D eigenvalue weighted by molar-refractivity contribution is -0.127. The van der Waals surface area contributed by atoms with Crippen molar-refractivity contribution in [3.05, 3.63) is 28.5 Å². The SMILES string of the molecule is CCC1C(=O)NCCN1C(=O)c1cncc(Br)c1. The third-order valence-corrected chi connectivity index (χ3v) is 3.36. The summed E-state index contributed by atoms with van der Waals surface area (Å²) in [4.78, 5) is 29.6. The molecule has 2 rings (SSSR count). The lowest BCUT2D eigenvalue weighted by atomic mass is 10.1. The number of amides is 2. The number of carbonyl (C=O) groups is 2. The highest BCUT2D eigenvalue weighted by molar-refractivity contribution is 9.10. The second-order valence-corrected chi connectivity index (χ2v) is 5.02. The van der Waals surface area contributed by atoms with Crippen LogP contribution in [0.15, 0.2) is 22.9 Å². The molecule has 0 saturated carbocycles. The normalized spacial score (nSPS) is 19.6. The molecule has 1 unspecified atom stereocenters. The van der Waals surface area contributed by atoms with E-state index in [-0.39, 0.29) is 17.9 Å². The molecule has 6 heteroatoms. The fraction of sp³-hybridized carbons (Fsp3) is 0.417. The Morgan fingerprint density at radius 3 is 3.06 bits per heavy atom. The molecule has 1 aliphatic rings. The largest absolute Gasteiger partial charge is 0.353 e. The van der Waals surface area contributed by atoms with Crippen molar-refractivity contribution in [3.63, 3.8) is 0 Å². The van der Waals surface area contributed by atoms with Crippen molar-refractivity contribution in [2.24, 2.45) is 0 Å². The first-order chi connectivity index (χ1) is 8.63. The zero-order chi connectivity index (χ0) is 13.1. The minimum atomic E-state index is -0.384. The molecule has 0 aromatic carbocycles. The standard InChI is InChI=1S/C12H14BrN3O2/c1-2-10-11(17)15-3-4-16(10)12(18)8-5-9(13)7-14-6-8/h5-7,10H,2-4H2,1H3,(H,15,17). The Hall–Kier alpha value is -1.43. The van der Waals surface area contributed by atoms with Gasteiger partial charge in [-0.1, -0.05) is 6.92 Å². The van der Waals surface area contributed by atoms with E-state index in [1.165, 1.54) is 6.20 Å². The summed E-state index contributed by atoms with van der Waals surface area (Å²) in [6.45, 7) is 2.94. The smallest absolute Gasteiger partial charge is 0.256 e. The van der Waals surface area contributed by atoms with Gasteiger partial charge in [0.1, 0.15) is 6.04 Å². The number of piperazine rings is 1. The number of rotatable bonds is 2. The topological polar surface area (TPSA) is 62.3 Å². The van der Waals surface area contributed by atoms with Gasteiger partial charge in [-0.2, -0.15) is 0 Å². The van der Waals surface area contributed by atoms with Crippen molar-refractivity contribution in [1.29, 1.82) is 0 Å². The maximum absolute atomic E-state index is 12.4. The Bertz CT molecular complexity index is 478. The van der Waals surface area contributed by atoms with Crippen molar-refractivity contribution in [1.82, 2.24) is 15.2 Å². The van der Waals surface area contributed by atoms with Gasteiger partial charge in [0.05, 0.1) is 5.56 Å². The fourth-order valence-electron chi connectivity index (χ4n) is 2.06. The monoisotopic (exact) mass is 311 g/mol. The lowest BCUT2D eigenvalue weighted by Crippen LogP contribution is -2.56. The number of aromatic nitrogens is 1. The summed E-state index contributed by atoms with van der Waals surface area (Å²) in [6, 6.07) is 1.33. The third-order valence-electron chi connectivity index (χ3n) is 2.93. The molecule has 1 N–H and O–H groups in total. The van der Waals surface area contributed by atoms with Crippen LogP contribution in [-0.4, -0.2) is 40.8 Å². The van der Waals surface area contributed by atoms with Gasteiger partial charge in [-0.25, -0.2) is 0 Å². The van der Waals surface area contributed by atoms with E-state index in [0.717, 1.165) is 4.47 Å². The van der Waals surface area contributed by atoms with Gasteiger partial charge in [-0.15, -0.1) is 0 Å². The summed E-state index contributed by atoms with van der Waals surface area (Å²) < 4.78 is 0.753. The van der Waals surface area contributed by atoms with Gasteiger partial charge in [-0.3, -0.25) is 14.6 Å². The first kappa shape index (κ1) is 13.0. The highest BCUT2D eigenvalue weighted by Crippen LogP contribution is 2.16. The minimum absolute atomic E-state index is 0.0833.